The predicted octanol–water partition coefficient (Wildman–Crippen LogP) is 0.0584. The van der Waals surface area contributed by atoms with Gasteiger partial charge in [0.25, 0.3) is 0 Å². The Morgan fingerprint density at radius 2 is 2.04 bits per heavy atom. The van der Waals surface area contributed by atoms with Gasteiger partial charge in [0.05, 0.1) is 23.9 Å². The van der Waals surface area contributed by atoms with Crippen molar-refractivity contribution in [2.45, 2.75) is 13.5 Å². The molecule has 2 aromatic heterocycles. The largest absolute Gasteiger partial charge is 0.477 e. The van der Waals surface area contributed by atoms with Gasteiger partial charge in [-0.05, 0) is 19.1 Å². The Morgan fingerprint density at radius 1 is 1.30 bits per heavy atom. The summed E-state index contributed by atoms with van der Waals surface area (Å²) in [6.45, 7) is 6.43. The first-order valence-electron chi connectivity index (χ1n) is 8.93. The Labute approximate surface area is 156 Å². The van der Waals surface area contributed by atoms with Crippen LogP contribution in [0, 0.1) is 0 Å². The van der Waals surface area contributed by atoms with Crippen molar-refractivity contribution >= 4 is 23.2 Å². The molecule has 0 aromatic carbocycles. The zero-order chi connectivity index (χ0) is 19.4. The van der Waals surface area contributed by atoms with Crippen molar-refractivity contribution in [2.24, 2.45) is 5.10 Å². The molecule has 3 rings (SSSR count). The van der Waals surface area contributed by atoms with E-state index < -0.39 is 11.4 Å². The molecule has 0 aliphatic carbocycles. The second-order valence-electron chi connectivity index (χ2n) is 6.33. The van der Waals surface area contributed by atoms with E-state index in [2.05, 4.69) is 15.0 Å². The summed E-state index contributed by atoms with van der Waals surface area (Å²) >= 11 is 0. The van der Waals surface area contributed by atoms with E-state index in [-0.39, 0.29) is 17.6 Å². The summed E-state index contributed by atoms with van der Waals surface area (Å²) in [4.78, 5) is 30.3. The fraction of sp³-hybridized carbons (Fsp3) is 0.444. The minimum atomic E-state index is -1.24. The standard InChI is InChI=1S/C18H23N5O4/c1-2-22-12-15(18(26)27)16(25)14-4-3-13(20-17(14)22)11-19-23-7-5-21(6-8-23)9-10-24/h3-4,11-12,24H,2,5-10H2,1H3,(H,26,27)/b19-11+. The van der Waals surface area contributed by atoms with Crippen molar-refractivity contribution in [1.82, 2.24) is 19.5 Å². The van der Waals surface area contributed by atoms with Crippen LogP contribution in [0.4, 0.5) is 0 Å². The number of aliphatic hydroxyl groups is 1. The van der Waals surface area contributed by atoms with E-state index in [1.54, 1.807) is 22.9 Å². The van der Waals surface area contributed by atoms with Crippen LogP contribution in [-0.2, 0) is 6.54 Å². The van der Waals surface area contributed by atoms with Crippen molar-refractivity contribution < 1.29 is 15.0 Å². The molecule has 0 amide bonds. The molecular weight excluding hydrogens is 350 g/mol. The third kappa shape index (κ3) is 4.15. The number of hydrogen-bond donors (Lipinski definition) is 2. The SMILES string of the molecule is CCn1cc(C(=O)O)c(=O)c2ccc(/C=N/N3CCN(CCO)CC3)nc21. The van der Waals surface area contributed by atoms with Gasteiger partial charge < -0.3 is 14.8 Å². The molecule has 2 aromatic rings. The summed E-state index contributed by atoms with van der Waals surface area (Å²) < 4.78 is 1.66. The van der Waals surface area contributed by atoms with Crippen LogP contribution in [0.5, 0.6) is 0 Å². The fourth-order valence-corrected chi connectivity index (χ4v) is 3.10. The quantitative estimate of drug-likeness (QED) is 0.689. The highest BCUT2D eigenvalue weighted by molar-refractivity contribution is 5.92. The molecule has 1 saturated heterocycles. The van der Waals surface area contributed by atoms with Gasteiger partial charge in [-0.15, -0.1) is 0 Å². The highest BCUT2D eigenvalue weighted by Gasteiger charge is 2.16. The van der Waals surface area contributed by atoms with Crippen molar-refractivity contribution in [3.05, 3.63) is 39.8 Å². The summed E-state index contributed by atoms with van der Waals surface area (Å²) in [7, 11) is 0. The van der Waals surface area contributed by atoms with Gasteiger partial charge >= 0.3 is 5.97 Å². The van der Waals surface area contributed by atoms with E-state index in [4.69, 9.17) is 5.11 Å². The lowest BCUT2D eigenvalue weighted by molar-refractivity contribution is 0.0695. The van der Waals surface area contributed by atoms with E-state index in [9.17, 15) is 14.7 Å². The summed E-state index contributed by atoms with van der Waals surface area (Å²) in [6.07, 6.45) is 2.98. The molecule has 144 valence electrons. The highest BCUT2D eigenvalue weighted by atomic mass is 16.4. The number of carboxylic acid groups (broad SMARTS) is 1. The van der Waals surface area contributed by atoms with Crippen LogP contribution in [0.25, 0.3) is 11.0 Å². The first-order valence-corrected chi connectivity index (χ1v) is 8.93. The predicted molar refractivity (Wildman–Crippen MR) is 101 cm³/mol. The Morgan fingerprint density at radius 3 is 2.67 bits per heavy atom. The van der Waals surface area contributed by atoms with E-state index in [1.807, 2.05) is 11.9 Å². The number of carbonyl (C=O) groups is 1. The summed E-state index contributed by atoms with van der Waals surface area (Å²) in [5.41, 5.74) is 0.265. The molecular formula is C18H23N5O4. The third-order valence-corrected chi connectivity index (χ3v) is 4.63. The molecule has 3 heterocycles. The zero-order valence-electron chi connectivity index (χ0n) is 15.2. The zero-order valence-corrected chi connectivity index (χ0v) is 15.2. The maximum Gasteiger partial charge on any atom is 0.341 e. The second kappa shape index (κ2) is 8.28. The number of β-amino-alcohol motifs (C(OH)–C–C–N with tert-alkyl or cyclic N) is 1. The van der Waals surface area contributed by atoms with Crippen LogP contribution >= 0.6 is 0 Å². The number of piperazine rings is 1. The number of rotatable bonds is 6. The monoisotopic (exact) mass is 373 g/mol. The molecule has 9 nitrogen and oxygen atoms in total. The van der Waals surface area contributed by atoms with Gasteiger partial charge in [-0.1, -0.05) is 0 Å². The van der Waals surface area contributed by atoms with Gasteiger partial charge in [-0.2, -0.15) is 5.10 Å². The smallest absolute Gasteiger partial charge is 0.341 e. The Kier molecular flexibility index (Phi) is 5.82. The van der Waals surface area contributed by atoms with Crippen molar-refractivity contribution in [2.75, 3.05) is 39.3 Å². The van der Waals surface area contributed by atoms with E-state index in [0.29, 0.717) is 24.4 Å². The van der Waals surface area contributed by atoms with Crippen LogP contribution in [0.15, 0.2) is 28.2 Å². The number of carboxylic acids is 1. The first-order chi connectivity index (χ1) is 13.0. The van der Waals surface area contributed by atoms with E-state index in [0.717, 1.165) is 26.2 Å². The number of aromatic nitrogens is 2. The first kappa shape index (κ1) is 19.0. The molecule has 0 radical (unpaired) electrons. The average Bonchev–Trinajstić information content (AvgIpc) is 2.67. The molecule has 2 N–H and O–H groups in total. The molecule has 0 bridgehead atoms. The van der Waals surface area contributed by atoms with Gasteiger partial charge in [0.15, 0.2) is 0 Å². The second-order valence-corrected chi connectivity index (χ2v) is 6.33. The summed E-state index contributed by atoms with van der Waals surface area (Å²) in [5, 5.41) is 24.9. The summed E-state index contributed by atoms with van der Waals surface area (Å²) in [5.74, 6) is -1.24. The van der Waals surface area contributed by atoms with Gasteiger partial charge in [0, 0.05) is 45.5 Å². The van der Waals surface area contributed by atoms with E-state index >= 15 is 0 Å². The maximum absolute atomic E-state index is 12.3. The Bertz CT molecular complexity index is 916. The van der Waals surface area contributed by atoms with Crippen molar-refractivity contribution in [1.29, 1.82) is 0 Å². The van der Waals surface area contributed by atoms with Crippen molar-refractivity contribution in [3.63, 3.8) is 0 Å². The number of aliphatic hydroxyl groups excluding tert-OH is 1. The minimum Gasteiger partial charge on any atom is -0.477 e. The number of fused-ring (bicyclic) bond motifs is 1. The molecule has 1 aliphatic rings. The van der Waals surface area contributed by atoms with E-state index in [1.165, 1.54) is 6.20 Å². The van der Waals surface area contributed by atoms with Gasteiger partial charge in [-0.3, -0.25) is 14.7 Å². The number of nitrogens with zero attached hydrogens (tertiary/aromatic N) is 5. The van der Waals surface area contributed by atoms with Crippen molar-refractivity contribution in [3.8, 4) is 0 Å². The molecule has 0 unspecified atom stereocenters. The normalized spacial score (nSPS) is 15.7. The molecule has 1 fully saturated rings. The Hall–Kier alpha value is -2.78. The molecule has 27 heavy (non-hydrogen) atoms. The van der Waals surface area contributed by atoms with Gasteiger partial charge in [0.2, 0.25) is 5.43 Å². The van der Waals surface area contributed by atoms with Crippen LogP contribution in [0.3, 0.4) is 0 Å². The topological polar surface area (TPSA) is 111 Å². The Balaban J connectivity index is 1.84. The minimum absolute atomic E-state index is 0.160. The summed E-state index contributed by atoms with van der Waals surface area (Å²) in [6, 6.07) is 3.27. The lowest BCUT2D eigenvalue weighted by Gasteiger charge is -2.32. The maximum atomic E-state index is 12.3. The number of aromatic carboxylic acids is 1. The highest BCUT2D eigenvalue weighted by Crippen LogP contribution is 2.11. The molecule has 9 heteroatoms. The number of hydrazone groups is 1. The van der Waals surface area contributed by atoms with Crippen LogP contribution in [-0.4, -0.2) is 81.2 Å². The van der Waals surface area contributed by atoms with Crippen LogP contribution in [0.2, 0.25) is 0 Å². The van der Waals surface area contributed by atoms with Crippen LogP contribution < -0.4 is 5.43 Å². The molecule has 0 atom stereocenters. The molecule has 0 spiro atoms. The van der Waals surface area contributed by atoms with Crippen LogP contribution in [0.1, 0.15) is 23.0 Å². The molecule has 0 saturated carbocycles. The van der Waals surface area contributed by atoms with Gasteiger partial charge in [0.1, 0.15) is 11.2 Å². The average molecular weight is 373 g/mol. The number of aryl methyl sites for hydroxylation is 1. The molecule has 1 aliphatic heterocycles. The lowest BCUT2D eigenvalue weighted by atomic mass is 10.2. The lowest BCUT2D eigenvalue weighted by Crippen LogP contribution is -2.45. The van der Waals surface area contributed by atoms with Gasteiger partial charge in [-0.25, -0.2) is 9.78 Å². The fourth-order valence-electron chi connectivity index (χ4n) is 3.10. The number of hydrogen-bond acceptors (Lipinski definition) is 7. The third-order valence-electron chi connectivity index (χ3n) is 4.63. The number of pyridine rings is 2.